The lowest BCUT2D eigenvalue weighted by molar-refractivity contribution is -0.130. The first-order valence-corrected chi connectivity index (χ1v) is 6.88. The molecule has 1 heterocycles. The summed E-state index contributed by atoms with van der Waals surface area (Å²) in [5.74, 6) is 0.774. The van der Waals surface area contributed by atoms with Gasteiger partial charge in [0.05, 0.1) is 11.6 Å². The molecule has 1 saturated heterocycles. The van der Waals surface area contributed by atoms with Crippen molar-refractivity contribution >= 4 is 17.5 Å². The third-order valence-corrected chi connectivity index (χ3v) is 3.44. The molecule has 1 aromatic rings. The molecule has 2 unspecified atom stereocenters. The summed E-state index contributed by atoms with van der Waals surface area (Å²) in [6.07, 6.45) is 1.23. The number of hydrogen-bond acceptors (Lipinski definition) is 3. The molecule has 4 nitrogen and oxygen atoms in total. The Morgan fingerprint density at radius 1 is 1.58 bits per heavy atom. The lowest BCUT2D eigenvalue weighted by Gasteiger charge is -2.18. The Balaban J connectivity index is 1.89. The number of likely N-dealkylation sites (tertiary alicyclic amines) is 1. The van der Waals surface area contributed by atoms with Crippen LogP contribution in [0.3, 0.4) is 0 Å². The van der Waals surface area contributed by atoms with E-state index >= 15 is 0 Å². The summed E-state index contributed by atoms with van der Waals surface area (Å²) < 4.78 is 5.83. The molecular weight excluding hydrogens is 264 g/mol. The fraction of sp³-hybridized carbons (Fsp3) is 0.500. The number of benzene rings is 1. The zero-order valence-electron chi connectivity index (χ0n) is 11.0. The maximum Gasteiger partial charge on any atom is 0.224 e. The normalized spacial score (nSPS) is 20.4. The highest BCUT2D eigenvalue weighted by atomic mass is 35.5. The van der Waals surface area contributed by atoms with Gasteiger partial charge in [-0.1, -0.05) is 23.7 Å². The lowest BCUT2D eigenvalue weighted by Crippen LogP contribution is -2.34. The number of carbonyl (C=O) groups excluding carboxylic acids is 1. The molecule has 1 aliphatic heterocycles. The topological polar surface area (TPSA) is 55.6 Å². The minimum atomic E-state index is -0.101. The minimum Gasteiger partial charge on any atom is -0.487 e. The molecule has 0 bridgehead atoms. The van der Waals surface area contributed by atoms with Crippen molar-refractivity contribution in [2.45, 2.75) is 31.9 Å². The van der Waals surface area contributed by atoms with Gasteiger partial charge in [-0.3, -0.25) is 4.79 Å². The van der Waals surface area contributed by atoms with E-state index in [-0.39, 0.29) is 18.1 Å². The Morgan fingerprint density at radius 2 is 2.32 bits per heavy atom. The molecule has 1 aliphatic rings. The highest BCUT2D eigenvalue weighted by Gasteiger charge is 2.28. The van der Waals surface area contributed by atoms with Gasteiger partial charge in [-0.2, -0.15) is 0 Å². The van der Waals surface area contributed by atoms with E-state index in [9.17, 15) is 4.79 Å². The number of rotatable bonds is 4. The van der Waals surface area contributed by atoms with E-state index < -0.39 is 0 Å². The van der Waals surface area contributed by atoms with E-state index in [4.69, 9.17) is 22.1 Å². The Bertz CT molecular complexity index is 451. The van der Waals surface area contributed by atoms with Crippen molar-refractivity contribution in [3.8, 4) is 5.75 Å². The van der Waals surface area contributed by atoms with Gasteiger partial charge in [-0.25, -0.2) is 0 Å². The van der Waals surface area contributed by atoms with Gasteiger partial charge in [0.25, 0.3) is 0 Å². The van der Waals surface area contributed by atoms with E-state index in [0.29, 0.717) is 23.7 Å². The lowest BCUT2D eigenvalue weighted by atomic mass is 10.2. The molecule has 0 aliphatic carbocycles. The zero-order valence-corrected chi connectivity index (χ0v) is 11.8. The number of nitrogens with zero attached hydrogens (tertiary/aromatic N) is 1. The average molecular weight is 283 g/mol. The number of amides is 1. The van der Waals surface area contributed by atoms with Crippen molar-refractivity contribution in [2.24, 2.45) is 5.73 Å². The molecule has 2 atom stereocenters. The first-order valence-electron chi connectivity index (χ1n) is 6.51. The van der Waals surface area contributed by atoms with Gasteiger partial charge in [0.2, 0.25) is 5.91 Å². The zero-order chi connectivity index (χ0) is 13.8. The quantitative estimate of drug-likeness (QED) is 0.920. The fourth-order valence-electron chi connectivity index (χ4n) is 2.18. The number of nitrogens with two attached hydrogens (primary N) is 1. The Kier molecular flexibility index (Phi) is 4.66. The maximum absolute atomic E-state index is 11.9. The van der Waals surface area contributed by atoms with Crippen LogP contribution in [0.2, 0.25) is 5.02 Å². The standard InChI is InChI=1S/C14H19ClN2O2/c1-10(16)8-14(18)17-7-6-11(9-17)19-13-5-3-2-4-12(13)15/h2-5,10-11H,6-9,16H2,1H3. The second kappa shape index (κ2) is 6.26. The van der Waals surface area contributed by atoms with Crippen LogP contribution in [-0.2, 0) is 4.79 Å². The van der Waals surface area contributed by atoms with E-state index in [1.807, 2.05) is 30.0 Å². The number of carbonyl (C=O) groups is 1. The molecule has 104 valence electrons. The molecule has 1 amide bonds. The molecule has 1 fully saturated rings. The van der Waals surface area contributed by atoms with Crippen molar-refractivity contribution < 1.29 is 9.53 Å². The second-order valence-electron chi connectivity index (χ2n) is 4.98. The van der Waals surface area contributed by atoms with Crippen molar-refractivity contribution in [3.63, 3.8) is 0 Å². The molecular formula is C14H19ClN2O2. The minimum absolute atomic E-state index is 0.0110. The largest absolute Gasteiger partial charge is 0.487 e. The highest BCUT2D eigenvalue weighted by molar-refractivity contribution is 6.32. The molecule has 2 N–H and O–H groups in total. The van der Waals surface area contributed by atoms with Crippen LogP contribution in [0, 0.1) is 0 Å². The first kappa shape index (κ1) is 14.2. The predicted molar refractivity (Wildman–Crippen MR) is 75.3 cm³/mol. The second-order valence-corrected chi connectivity index (χ2v) is 5.39. The Labute approximate surface area is 118 Å². The van der Waals surface area contributed by atoms with Crippen LogP contribution in [0.4, 0.5) is 0 Å². The SMILES string of the molecule is CC(N)CC(=O)N1CCC(Oc2ccccc2Cl)C1. The first-order chi connectivity index (χ1) is 9.06. The van der Waals surface area contributed by atoms with Gasteiger partial charge in [0, 0.05) is 25.4 Å². The molecule has 0 spiro atoms. The van der Waals surface area contributed by atoms with Crippen molar-refractivity contribution in [2.75, 3.05) is 13.1 Å². The van der Waals surface area contributed by atoms with Crippen LogP contribution >= 0.6 is 11.6 Å². The van der Waals surface area contributed by atoms with Gasteiger partial charge in [0.1, 0.15) is 11.9 Å². The smallest absolute Gasteiger partial charge is 0.224 e. The summed E-state index contributed by atoms with van der Waals surface area (Å²) in [5, 5.41) is 0.600. The summed E-state index contributed by atoms with van der Waals surface area (Å²) >= 11 is 6.05. The molecule has 19 heavy (non-hydrogen) atoms. The van der Waals surface area contributed by atoms with Gasteiger partial charge in [-0.05, 0) is 19.1 Å². The Hall–Kier alpha value is -1.26. The average Bonchev–Trinajstić information content (AvgIpc) is 2.80. The Morgan fingerprint density at radius 3 is 3.00 bits per heavy atom. The van der Waals surface area contributed by atoms with E-state index in [2.05, 4.69) is 0 Å². The molecule has 1 aromatic carbocycles. The van der Waals surface area contributed by atoms with Crippen LogP contribution in [-0.4, -0.2) is 36.0 Å². The highest BCUT2D eigenvalue weighted by Crippen LogP contribution is 2.26. The van der Waals surface area contributed by atoms with E-state index in [0.717, 1.165) is 13.0 Å². The van der Waals surface area contributed by atoms with Gasteiger partial charge < -0.3 is 15.4 Å². The summed E-state index contributed by atoms with van der Waals surface area (Å²) in [7, 11) is 0. The molecule has 0 radical (unpaired) electrons. The monoisotopic (exact) mass is 282 g/mol. The molecule has 5 heteroatoms. The van der Waals surface area contributed by atoms with Crippen LogP contribution in [0.1, 0.15) is 19.8 Å². The van der Waals surface area contributed by atoms with Crippen molar-refractivity contribution in [1.82, 2.24) is 4.90 Å². The summed E-state index contributed by atoms with van der Waals surface area (Å²) in [6, 6.07) is 7.29. The third-order valence-electron chi connectivity index (χ3n) is 3.12. The molecule has 0 saturated carbocycles. The van der Waals surface area contributed by atoms with Crippen molar-refractivity contribution in [3.05, 3.63) is 29.3 Å². The van der Waals surface area contributed by atoms with Crippen LogP contribution < -0.4 is 10.5 Å². The molecule has 2 rings (SSSR count). The van der Waals surface area contributed by atoms with Gasteiger partial charge >= 0.3 is 0 Å². The maximum atomic E-state index is 11.9. The predicted octanol–water partition coefficient (Wildman–Crippen LogP) is 2.06. The van der Waals surface area contributed by atoms with E-state index in [1.165, 1.54) is 0 Å². The number of ether oxygens (including phenoxy) is 1. The summed E-state index contributed by atoms with van der Waals surface area (Å²) in [4.78, 5) is 13.7. The van der Waals surface area contributed by atoms with Crippen molar-refractivity contribution in [1.29, 1.82) is 0 Å². The summed E-state index contributed by atoms with van der Waals surface area (Å²) in [6.45, 7) is 3.17. The van der Waals surface area contributed by atoms with Gasteiger partial charge in [0.15, 0.2) is 0 Å². The van der Waals surface area contributed by atoms with Gasteiger partial charge in [-0.15, -0.1) is 0 Å². The van der Waals surface area contributed by atoms with E-state index in [1.54, 1.807) is 6.07 Å². The van der Waals surface area contributed by atoms with Crippen LogP contribution in [0.25, 0.3) is 0 Å². The van der Waals surface area contributed by atoms with Crippen LogP contribution in [0.15, 0.2) is 24.3 Å². The summed E-state index contributed by atoms with van der Waals surface area (Å²) in [5.41, 5.74) is 5.64. The fourth-order valence-corrected chi connectivity index (χ4v) is 2.36. The molecule has 0 aromatic heterocycles. The number of hydrogen-bond donors (Lipinski definition) is 1. The number of halogens is 1. The van der Waals surface area contributed by atoms with Crippen LogP contribution in [0.5, 0.6) is 5.75 Å². The number of para-hydroxylation sites is 1. The third kappa shape index (κ3) is 3.85.